The smallest absolute Gasteiger partial charge is 0.227 e. The fourth-order valence-electron chi connectivity index (χ4n) is 4.58. The average molecular weight is 424 g/mol. The van der Waals surface area contributed by atoms with Crippen molar-refractivity contribution in [3.05, 3.63) is 54.1 Å². The van der Waals surface area contributed by atoms with Gasteiger partial charge in [0.1, 0.15) is 5.82 Å². The number of benzene rings is 1. The molecule has 1 atom stereocenters. The van der Waals surface area contributed by atoms with Gasteiger partial charge in [-0.15, -0.1) is 0 Å². The summed E-state index contributed by atoms with van der Waals surface area (Å²) in [5, 5.41) is 0. The minimum Gasteiger partial charge on any atom is -0.342 e. The van der Waals surface area contributed by atoms with Crippen LogP contribution in [0.2, 0.25) is 0 Å². The summed E-state index contributed by atoms with van der Waals surface area (Å²) < 4.78 is 2.04. The zero-order chi connectivity index (χ0) is 21.6. The largest absolute Gasteiger partial charge is 0.342 e. The molecule has 166 valence electrons. The number of piperidine rings is 1. The molecule has 1 aromatic heterocycles. The standard InChI is InChI=1S/C24H33N5O2/c1-26-13-11-25-22(26)19-27-14-16-28(17-15-27)24(31)21-9-10-23(30)29(18-21)12-5-8-20-6-3-2-4-7-20/h2-4,6-7,11,13,21H,5,8-10,12,14-19H2,1H3/t21-/m0/s1. The van der Waals surface area contributed by atoms with Crippen molar-refractivity contribution in [1.82, 2.24) is 24.3 Å². The number of likely N-dealkylation sites (tertiary alicyclic amines) is 1. The van der Waals surface area contributed by atoms with Crippen molar-refractivity contribution in [3.63, 3.8) is 0 Å². The number of imidazole rings is 1. The van der Waals surface area contributed by atoms with Gasteiger partial charge in [0.25, 0.3) is 0 Å². The third kappa shape index (κ3) is 5.53. The molecule has 2 saturated heterocycles. The van der Waals surface area contributed by atoms with Gasteiger partial charge in [-0.25, -0.2) is 4.98 Å². The highest BCUT2D eigenvalue weighted by Crippen LogP contribution is 2.21. The number of carbonyl (C=O) groups excluding carboxylic acids is 2. The molecule has 2 aromatic rings. The summed E-state index contributed by atoms with van der Waals surface area (Å²) in [7, 11) is 2.01. The molecule has 4 rings (SSSR count). The van der Waals surface area contributed by atoms with Crippen LogP contribution in [0.4, 0.5) is 0 Å². The third-order valence-corrected chi connectivity index (χ3v) is 6.56. The van der Waals surface area contributed by atoms with E-state index < -0.39 is 0 Å². The maximum Gasteiger partial charge on any atom is 0.227 e. The summed E-state index contributed by atoms with van der Waals surface area (Å²) in [6.45, 7) is 5.35. The number of hydrogen-bond acceptors (Lipinski definition) is 4. The summed E-state index contributed by atoms with van der Waals surface area (Å²) in [6, 6.07) is 10.4. The minimum absolute atomic E-state index is 0.0597. The first kappa shape index (κ1) is 21.6. The topological polar surface area (TPSA) is 61.7 Å². The van der Waals surface area contributed by atoms with Crippen molar-refractivity contribution in [2.24, 2.45) is 13.0 Å². The first-order chi connectivity index (χ1) is 15.1. The molecule has 1 aromatic carbocycles. The normalized spacial score (nSPS) is 20.3. The first-order valence-electron chi connectivity index (χ1n) is 11.4. The molecule has 0 radical (unpaired) electrons. The predicted molar refractivity (Wildman–Crippen MR) is 119 cm³/mol. The fourth-order valence-corrected chi connectivity index (χ4v) is 4.58. The van der Waals surface area contributed by atoms with Crippen LogP contribution in [0.15, 0.2) is 42.7 Å². The Morgan fingerprint density at radius 3 is 2.61 bits per heavy atom. The van der Waals surface area contributed by atoms with Crippen LogP contribution < -0.4 is 0 Å². The van der Waals surface area contributed by atoms with Gasteiger partial charge in [-0.3, -0.25) is 14.5 Å². The van der Waals surface area contributed by atoms with Crippen LogP contribution in [-0.2, 0) is 29.6 Å². The van der Waals surface area contributed by atoms with E-state index in [2.05, 4.69) is 22.0 Å². The van der Waals surface area contributed by atoms with Gasteiger partial charge in [0, 0.05) is 65.1 Å². The number of hydrogen-bond donors (Lipinski definition) is 0. The van der Waals surface area contributed by atoms with Crippen LogP contribution >= 0.6 is 0 Å². The van der Waals surface area contributed by atoms with Crippen molar-refractivity contribution < 1.29 is 9.59 Å². The molecule has 0 saturated carbocycles. The van der Waals surface area contributed by atoms with Crippen molar-refractivity contribution in [1.29, 1.82) is 0 Å². The first-order valence-corrected chi connectivity index (χ1v) is 11.4. The summed E-state index contributed by atoms with van der Waals surface area (Å²) in [6.07, 6.45) is 6.85. The van der Waals surface area contributed by atoms with E-state index in [1.54, 1.807) is 0 Å². The van der Waals surface area contributed by atoms with Crippen LogP contribution in [0.3, 0.4) is 0 Å². The van der Waals surface area contributed by atoms with Gasteiger partial charge < -0.3 is 14.4 Å². The number of piperazine rings is 1. The predicted octanol–water partition coefficient (Wildman–Crippen LogP) is 1.94. The lowest BCUT2D eigenvalue weighted by atomic mass is 9.95. The number of carbonyl (C=O) groups is 2. The minimum atomic E-state index is -0.0597. The molecule has 2 fully saturated rings. The van der Waals surface area contributed by atoms with Gasteiger partial charge in [-0.2, -0.15) is 0 Å². The molecular formula is C24H33N5O2. The van der Waals surface area contributed by atoms with Crippen molar-refractivity contribution in [2.75, 3.05) is 39.3 Å². The molecule has 0 bridgehead atoms. The number of amides is 2. The van der Waals surface area contributed by atoms with Crippen molar-refractivity contribution >= 4 is 11.8 Å². The lowest BCUT2D eigenvalue weighted by Gasteiger charge is -2.38. The fraction of sp³-hybridized carbons (Fsp3) is 0.542. The highest BCUT2D eigenvalue weighted by molar-refractivity contribution is 5.84. The molecule has 31 heavy (non-hydrogen) atoms. The van der Waals surface area contributed by atoms with E-state index in [0.717, 1.165) is 57.9 Å². The van der Waals surface area contributed by atoms with Gasteiger partial charge in [-0.05, 0) is 24.8 Å². The maximum atomic E-state index is 13.1. The number of rotatable bonds is 7. The zero-order valence-electron chi connectivity index (χ0n) is 18.4. The van der Waals surface area contributed by atoms with Gasteiger partial charge >= 0.3 is 0 Å². The van der Waals surface area contributed by atoms with Gasteiger partial charge in [0.2, 0.25) is 11.8 Å². The van der Waals surface area contributed by atoms with Gasteiger partial charge in [-0.1, -0.05) is 30.3 Å². The van der Waals surface area contributed by atoms with E-state index in [9.17, 15) is 9.59 Å². The Kier molecular flexibility index (Phi) is 7.02. The van der Waals surface area contributed by atoms with E-state index >= 15 is 0 Å². The van der Waals surface area contributed by atoms with E-state index in [1.165, 1.54) is 5.56 Å². The van der Waals surface area contributed by atoms with E-state index in [1.807, 2.05) is 52.0 Å². The quantitative estimate of drug-likeness (QED) is 0.683. The Labute approximate surface area is 184 Å². The van der Waals surface area contributed by atoms with Crippen LogP contribution in [-0.4, -0.2) is 75.3 Å². The Morgan fingerprint density at radius 2 is 1.90 bits per heavy atom. The Balaban J connectivity index is 1.23. The average Bonchev–Trinajstić information content (AvgIpc) is 3.20. The van der Waals surface area contributed by atoms with Crippen LogP contribution in [0.5, 0.6) is 0 Å². The van der Waals surface area contributed by atoms with Crippen LogP contribution in [0.25, 0.3) is 0 Å². The monoisotopic (exact) mass is 423 g/mol. The second-order valence-electron chi connectivity index (χ2n) is 8.72. The lowest BCUT2D eigenvalue weighted by molar-refractivity contribution is -0.144. The second-order valence-corrected chi connectivity index (χ2v) is 8.72. The Bertz CT molecular complexity index is 873. The molecule has 0 unspecified atom stereocenters. The number of aromatic nitrogens is 2. The lowest BCUT2D eigenvalue weighted by Crippen LogP contribution is -2.53. The molecule has 7 heteroatoms. The Morgan fingerprint density at radius 1 is 1.13 bits per heavy atom. The van der Waals surface area contributed by atoms with Crippen LogP contribution in [0, 0.1) is 5.92 Å². The third-order valence-electron chi connectivity index (χ3n) is 6.56. The summed E-state index contributed by atoms with van der Waals surface area (Å²) in [5.41, 5.74) is 1.29. The molecular weight excluding hydrogens is 390 g/mol. The SMILES string of the molecule is Cn1ccnc1CN1CCN(C(=O)[C@H]2CCC(=O)N(CCCc3ccccc3)C2)CC1. The summed E-state index contributed by atoms with van der Waals surface area (Å²) in [4.78, 5) is 36.2. The van der Waals surface area contributed by atoms with Gasteiger partial charge in [0.05, 0.1) is 12.5 Å². The molecule has 2 amide bonds. The highest BCUT2D eigenvalue weighted by Gasteiger charge is 2.33. The number of aryl methyl sites for hydroxylation is 2. The summed E-state index contributed by atoms with van der Waals surface area (Å²) in [5.74, 6) is 1.40. The highest BCUT2D eigenvalue weighted by atomic mass is 16.2. The Hall–Kier alpha value is -2.67. The molecule has 2 aliphatic rings. The number of nitrogens with zero attached hydrogens (tertiary/aromatic N) is 5. The second kappa shape index (κ2) is 10.1. The van der Waals surface area contributed by atoms with Gasteiger partial charge in [0.15, 0.2) is 0 Å². The molecule has 0 aliphatic carbocycles. The zero-order valence-corrected chi connectivity index (χ0v) is 18.4. The molecule has 2 aliphatic heterocycles. The van der Waals surface area contributed by atoms with Crippen LogP contribution in [0.1, 0.15) is 30.7 Å². The van der Waals surface area contributed by atoms with Crippen molar-refractivity contribution in [3.8, 4) is 0 Å². The maximum absolute atomic E-state index is 13.1. The summed E-state index contributed by atoms with van der Waals surface area (Å²) >= 11 is 0. The molecule has 7 nitrogen and oxygen atoms in total. The molecule has 0 N–H and O–H groups in total. The van der Waals surface area contributed by atoms with E-state index in [-0.39, 0.29) is 17.7 Å². The van der Waals surface area contributed by atoms with E-state index in [4.69, 9.17) is 0 Å². The van der Waals surface area contributed by atoms with E-state index in [0.29, 0.717) is 19.4 Å². The molecule has 3 heterocycles. The molecule has 0 spiro atoms. The van der Waals surface area contributed by atoms with Crippen molar-refractivity contribution in [2.45, 2.75) is 32.2 Å².